The zero-order valence-corrected chi connectivity index (χ0v) is 24.7. The lowest BCUT2D eigenvalue weighted by molar-refractivity contribution is -0.132. The van der Waals surface area contributed by atoms with E-state index in [1.165, 1.54) is 16.2 Å². The summed E-state index contributed by atoms with van der Waals surface area (Å²) in [7, 11) is 0. The van der Waals surface area contributed by atoms with Gasteiger partial charge in [0.05, 0.1) is 41.7 Å². The van der Waals surface area contributed by atoms with Gasteiger partial charge < -0.3 is 28.8 Å². The fourth-order valence-electron chi connectivity index (χ4n) is 5.18. The Labute approximate surface area is 252 Å². The molecule has 6 rings (SSSR count). The number of anilines is 1. The fraction of sp³-hybridized carbons (Fsp3) is 0.281. The highest BCUT2D eigenvalue weighted by atomic mass is 32.1. The van der Waals surface area contributed by atoms with Gasteiger partial charge in [-0.1, -0.05) is 17.4 Å². The minimum Gasteiger partial charge on any atom is -0.507 e. The second kappa shape index (κ2) is 11.8. The maximum atomic E-state index is 13.8. The van der Waals surface area contributed by atoms with Crippen LogP contribution in [0.5, 0.6) is 28.7 Å². The number of thiazole rings is 1. The summed E-state index contributed by atoms with van der Waals surface area (Å²) in [6.07, 6.45) is 0. The van der Waals surface area contributed by atoms with Crippen LogP contribution in [0.15, 0.2) is 60.2 Å². The number of rotatable bonds is 9. The van der Waals surface area contributed by atoms with Gasteiger partial charge in [0.25, 0.3) is 5.78 Å². The van der Waals surface area contributed by atoms with E-state index in [1.807, 2.05) is 39.0 Å². The van der Waals surface area contributed by atoms with Gasteiger partial charge in [-0.15, -0.1) is 0 Å². The molecule has 2 aliphatic heterocycles. The number of nitrogens with zero attached hydrogens (tertiary/aromatic N) is 2. The van der Waals surface area contributed by atoms with Crippen LogP contribution in [-0.4, -0.2) is 54.8 Å². The van der Waals surface area contributed by atoms with E-state index in [-0.39, 0.29) is 11.3 Å². The van der Waals surface area contributed by atoms with Crippen LogP contribution in [0.2, 0.25) is 0 Å². The van der Waals surface area contributed by atoms with Gasteiger partial charge in [-0.25, -0.2) is 4.98 Å². The number of hydrogen-bond donors (Lipinski definition) is 1. The van der Waals surface area contributed by atoms with Crippen molar-refractivity contribution in [2.75, 3.05) is 37.9 Å². The van der Waals surface area contributed by atoms with Crippen LogP contribution in [0.3, 0.4) is 0 Å². The van der Waals surface area contributed by atoms with E-state index in [2.05, 4.69) is 0 Å². The Hall–Kier alpha value is -4.77. The standard InChI is InChI=1S/C32H30N2O8S/c1-4-38-20-9-10-21-26(17-20)43-32(33-21)34-28(18-7-11-22(39-5-2)24(15-18)40-6-3)27(30(36)31(34)37)29(35)19-8-12-23-25(16-19)42-14-13-41-23/h7-12,15-17,28,35H,4-6,13-14H2,1-3H3/b29-27-. The lowest BCUT2D eigenvalue weighted by atomic mass is 9.95. The third-order valence-corrected chi connectivity index (χ3v) is 8.03. The largest absolute Gasteiger partial charge is 0.507 e. The van der Waals surface area contributed by atoms with E-state index < -0.39 is 17.7 Å². The van der Waals surface area contributed by atoms with Gasteiger partial charge in [-0.05, 0) is 74.9 Å². The molecule has 1 aromatic heterocycles. The maximum Gasteiger partial charge on any atom is 0.301 e. The van der Waals surface area contributed by atoms with Crippen molar-refractivity contribution in [3.8, 4) is 28.7 Å². The number of carbonyl (C=O) groups is 2. The Kier molecular flexibility index (Phi) is 7.81. The third kappa shape index (κ3) is 5.20. The summed E-state index contributed by atoms with van der Waals surface area (Å²) >= 11 is 1.26. The highest BCUT2D eigenvalue weighted by Crippen LogP contribution is 2.46. The number of hydrogen-bond acceptors (Lipinski definition) is 10. The van der Waals surface area contributed by atoms with Gasteiger partial charge in [-0.3, -0.25) is 14.5 Å². The van der Waals surface area contributed by atoms with E-state index >= 15 is 0 Å². The summed E-state index contributed by atoms with van der Waals surface area (Å²) in [6, 6.07) is 14.6. The predicted molar refractivity (Wildman–Crippen MR) is 162 cm³/mol. The number of aliphatic hydroxyl groups excluding tert-OH is 1. The molecule has 2 aliphatic rings. The highest BCUT2D eigenvalue weighted by Gasteiger charge is 2.48. The molecule has 0 saturated carbocycles. The van der Waals surface area contributed by atoms with Crippen LogP contribution in [0.1, 0.15) is 37.9 Å². The number of ether oxygens (including phenoxy) is 5. The first-order valence-electron chi connectivity index (χ1n) is 14.1. The summed E-state index contributed by atoms with van der Waals surface area (Å²) in [5.74, 6) is 0.659. The van der Waals surface area contributed by atoms with Crippen LogP contribution >= 0.6 is 11.3 Å². The third-order valence-electron chi connectivity index (χ3n) is 7.01. The predicted octanol–water partition coefficient (Wildman–Crippen LogP) is 5.89. The molecule has 43 heavy (non-hydrogen) atoms. The summed E-state index contributed by atoms with van der Waals surface area (Å²) in [4.78, 5) is 33.6. The molecule has 1 fully saturated rings. The van der Waals surface area contributed by atoms with Gasteiger partial charge in [0.2, 0.25) is 0 Å². The second-order valence-electron chi connectivity index (χ2n) is 9.66. The first kappa shape index (κ1) is 28.4. The smallest absolute Gasteiger partial charge is 0.301 e. The minimum atomic E-state index is -1.00. The molecule has 222 valence electrons. The molecule has 10 nitrogen and oxygen atoms in total. The Bertz CT molecular complexity index is 1750. The van der Waals surface area contributed by atoms with Gasteiger partial charge in [0.15, 0.2) is 28.1 Å². The summed E-state index contributed by atoms with van der Waals surface area (Å²) in [5.41, 5.74) is 1.42. The molecule has 1 amide bonds. The summed E-state index contributed by atoms with van der Waals surface area (Å²) in [6.45, 7) is 7.71. The van der Waals surface area contributed by atoms with Crippen molar-refractivity contribution in [2.24, 2.45) is 0 Å². The lowest BCUT2D eigenvalue weighted by Gasteiger charge is -2.24. The van der Waals surface area contributed by atoms with Gasteiger partial charge >= 0.3 is 5.91 Å². The number of benzene rings is 3. The molecule has 0 radical (unpaired) electrons. The molecule has 1 saturated heterocycles. The van der Waals surface area contributed by atoms with E-state index in [0.29, 0.717) is 83.6 Å². The molecule has 11 heteroatoms. The van der Waals surface area contributed by atoms with Crippen molar-refractivity contribution in [3.05, 3.63) is 71.3 Å². The number of fused-ring (bicyclic) bond motifs is 2. The molecular formula is C32H30N2O8S. The van der Waals surface area contributed by atoms with Crippen LogP contribution in [0, 0.1) is 0 Å². The molecule has 1 atom stereocenters. The van der Waals surface area contributed by atoms with E-state index in [1.54, 1.807) is 36.4 Å². The van der Waals surface area contributed by atoms with Gasteiger partial charge in [-0.2, -0.15) is 0 Å². The average Bonchev–Trinajstić information content (AvgIpc) is 3.55. The number of ketones is 1. The Morgan fingerprint density at radius 1 is 0.907 bits per heavy atom. The van der Waals surface area contributed by atoms with E-state index in [0.717, 1.165) is 4.70 Å². The van der Waals surface area contributed by atoms with E-state index in [9.17, 15) is 14.7 Å². The first-order chi connectivity index (χ1) is 20.9. The van der Waals surface area contributed by atoms with Crippen molar-refractivity contribution in [1.29, 1.82) is 0 Å². The fourth-order valence-corrected chi connectivity index (χ4v) is 6.20. The molecule has 3 aromatic carbocycles. The van der Waals surface area contributed by atoms with Gasteiger partial charge in [0, 0.05) is 5.56 Å². The Morgan fingerprint density at radius 2 is 1.65 bits per heavy atom. The zero-order valence-electron chi connectivity index (χ0n) is 23.9. The minimum absolute atomic E-state index is 0.0810. The Balaban J connectivity index is 1.53. The zero-order chi connectivity index (χ0) is 30.1. The number of aliphatic hydroxyl groups is 1. The van der Waals surface area contributed by atoms with Crippen LogP contribution in [0.4, 0.5) is 5.13 Å². The number of amides is 1. The Morgan fingerprint density at radius 3 is 2.42 bits per heavy atom. The van der Waals surface area contributed by atoms with Crippen LogP contribution in [0.25, 0.3) is 16.0 Å². The normalized spacial score (nSPS) is 17.4. The average molecular weight is 603 g/mol. The monoisotopic (exact) mass is 602 g/mol. The van der Waals surface area contributed by atoms with Crippen molar-refractivity contribution in [2.45, 2.75) is 26.8 Å². The summed E-state index contributed by atoms with van der Waals surface area (Å²) < 4.78 is 29.3. The van der Waals surface area contributed by atoms with Crippen molar-refractivity contribution >= 4 is 44.1 Å². The highest BCUT2D eigenvalue weighted by molar-refractivity contribution is 7.22. The number of carbonyl (C=O) groups excluding carboxylic acids is 2. The topological polar surface area (TPSA) is 117 Å². The molecule has 0 spiro atoms. The molecule has 3 heterocycles. The van der Waals surface area contributed by atoms with Gasteiger partial charge in [0.1, 0.15) is 24.7 Å². The molecule has 4 aromatic rings. The molecule has 1 N–H and O–H groups in total. The number of Topliss-reactive ketones (excluding diaryl/α,β-unsaturated/α-hetero) is 1. The molecular weight excluding hydrogens is 572 g/mol. The van der Waals surface area contributed by atoms with Crippen molar-refractivity contribution in [1.82, 2.24) is 4.98 Å². The van der Waals surface area contributed by atoms with Crippen LogP contribution in [-0.2, 0) is 9.59 Å². The van der Waals surface area contributed by atoms with Crippen LogP contribution < -0.4 is 28.6 Å². The maximum absolute atomic E-state index is 13.8. The second-order valence-corrected chi connectivity index (χ2v) is 10.7. The van der Waals surface area contributed by atoms with E-state index in [4.69, 9.17) is 28.7 Å². The van der Waals surface area contributed by atoms with Crippen molar-refractivity contribution < 1.29 is 38.4 Å². The summed E-state index contributed by atoms with van der Waals surface area (Å²) in [5, 5.41) is 12.0. The first-order valence-corrected chi connectivity index (χ1v) is 14.9. The molecule has 0 aliphatic carbocycles. The van der Waals surface area contributed by atoms with Crippen molar-refractivity contribution in [3.63, 3.8) is 0 Å². The molecule has 0 bridgehead atoms. The quantitative estimate of drug-likeness (QED) is 0.142. The number of aromatic nitrogens is 1. The SMILES string of the molecule is CCOc1ccc2nc(N3C(=O)C(=O)/C(=C(\O)c4ccc5c(c4)OCCO5)C3c3ccc(OCC)c(OCC)c3)sc2c1. The molecule has 1 unspecified atom stereocenters. The lowest BCUT2D eigenvalue weighted by Crippen LogP contribution is -2.29.